The van der Waals surface area contributed by atoms with Gasteiger partial charge in [0.2, 0.25) is 0 Å². The summed E-state index contributed by atoms with van der Waals surface area (Å²) < 4.78 is 25.6. The number of aryl methyl sites for hydroxylation is 3. The first-order valence-electron chi connectivity index (χ1n) is 27.7. The number of hydrogen-bond donors (Lipinski definition) is 2. The Labute approximate surface area is 477 Å². The van der Waals surface area contributed by atoms with Crippen LogP contribution >= 0.6 is 15.9 Å². The van der Waals surface area contributed by atoms with Gasteiger partial charge in [0.15, 0.2) is 0 Å². The lowest BCUT2D eigenvalue weighted by Gasteiger charge is -2.26. The average Bonchev–Trinajstić information content (AvgIpc) is 4.42. The molecule has 5 heterocycles. The van der Waals surface area contributed by atoms with Crippen molar-refractivity contribution >= 4 is 27.1 Å². The van der Waals surface area contributed by atoms with Crippen LogP contribution in [0.15, 0.2) is 121 Å². The van der Waals surface area contributed by atoms with Crippen LogP contribution < -0.4 is 14.2 Å². The van der Waals surface area contributed by atoms with Gasteiger partial charge in [-0.2, -0.15) is 25.5 Å². The molecule has 0 fully saturated rings. The largest absolute Gasteiger partial charge is 0.497 e. The van der Waals surface area contributed by atoms with Gasteiger partial charge < -0.3 is 19.3 Å². The van der Waals surface area contributed by atoms with E-state index in [-0.39, 0.29) is 0 Å². The van der Waals surface area contributed by atoms with E-state index in [9.17, 15) is 5.11 Å². The van der Waals surface area contributed by atoms with Gasteiger partial charge in [0.05, 0.1) is 38.4 Å². The third-order valence-corrected chi connectivity index (χ3v) is 14.8. The number of halogens is 1. The second kappa shape index (κ2) is 27.3. The zero-order valence-electron chi connectivity index (χ0n) is 49.0. The summed E-state index contributed by atoms with van der Waals surface area (Å²) >= 11 is 3.79. The molecule has 5 aromatic heterocycles. The van der Waals surface area contributed by atoms with E-state index in [4.69, 9.17) is 14.2 Å². The molecular weight excluding hydrogens is 1050 g/mol. The SMILES string of the molecule is CC(C)Cn1cccn1.COc1cc(C)c2c(c1)C(O)(c1ccnn1CC(C)C)CC2.COc1cc(C)c2c(c1)C(c1ccnn1CC(C)C)=C(Br)C2.COc1cc(C)c2c(c1)C(c1ccnn1CC(C)C)=CC2.c1cn[nH]c1. The summed E-state index contributed by atoms with van der Waals surface area (Å²) in [6.45, 7) is 27.6. The van der Waals surface area contributed by atoms with Crippen molar-refractivity contribution in [2.24, 2.45) is 23.7 Å². The number of aromatic nitrogens is 10. The molecule has 14 nitrogen and oxygen atoms in total. The molecule has 0 spiro atoms. The first kappa shape index (κ1) is 59.7. The molecule has 0 saturated carbocycles. The molecule has 1 unspecified atom stereocenters. The Morgan fingerprint density at radius 1 is 0.608 bits per heavy atom. The average molecular weight is 1140 g/mol. The molecule has 0 aliphatic heterocycles. The minimum Gasteiger partial charge on any atom is -0.497 e. The highest BCUT2D eigenvalue weighted by atomic mass is 79.9. The Morgan fingerprint density at radius 2 is 1.15 bits per heavy atom. The van der Waals surface area contributed by atoms with Crippen molar-refractivity contribution in [3.8, 4) is 17.2 Å². The van der Waals surface area contributed by atoms with E-state index in [0.29, 0.717) is 30.1 Å². The van der Waals surface area contributed by atoms with Crippen LogP contribution in [0.4, 0.5) is 0 Å². The zero-order valence-corrected chi connectivity index (χ0v) is 50.6. The normalized spacial score (nSPS) is 14.9. The molecule has 3 aliphatic rings. The molecule has 8 aromatic rings. The third kappa shape index (κ3) is 14.6. The quantitative estimate of drug-likeness (QED) is 0.109. The highest BCUT2D eigenvalue weighted by molar-refractivity contribution is 9.11. The summed E-state index contributed by atoms with van der Waals surface area (Å²) in [4.78, 5) is 0. The number of H-pyrrole nitrogens is 1. The second-order valence-electron chi connectivity index (χ2n) is 22.3. The maximum atomic E-state index is 11.4. The van der Waals surface area contributed by atoms with E-state index in [0.717, 1.165) is 73.9 Å². The molecule has 3 aromatic carbocycles. The van der Waals surface area contributed by atoms with Gasteiger partial charge in [0, 0.05) is 91.6 Å². The standard InChI is InChI=1S/C18H21BrN2O.C18H24N2O2.C18H22N2O.C7H12N2.C3H4N2/c1-11(2)10-21-17(5-6-20-21)18-15-8-13(22-4)7-12(3)14(15)9-16(18)19;1-12(2)11-20-17(6-8-19-20)18(21)7-5-15-13(3)9-14(22-4)10-16(15)18;1-12(2)11-20-18(7-8-19-20)16-6-5-15-13(3)9-14(21-4)10-17(15)16;1-7(2)6-9-5-3-4-8-9;1-2-4-5-3-1/h5-8,11H,9-10H2,1-4H3;6,8-10,12,21H,5,7,11H2,1-4H3;6-10,12H,5,11H2,1-4H3;3-5,7H,6H2,1-2H3;1-3H,(H,4,5). The van der Waals surface area contributed by atoms with Gasteiger partial charge in [-0.25, -0.2) is 0 Å². The lowest BCUT2D eigenvalue weighted by atomic mass is 9.91. The highest BCUT2D eigenvalue weighted by Gasteiger charge is 2.42. The smallest absolute Gasteiger partial charge is 0.132 e. The predicted octanol–water partition coefficient (Wildman–Crippen LogP) is 13.4. The van der Waals surface area contributed by atoms with Crippen molar-refractivity contribution in [2.75, 3.05) is 21.3 Å². The monoisotopic (exact) mass is 1130 g/mol. The van der Waals surface area contributed by atoms with E-state index in [1.54, 1.807) is 39.9 Å². The van der Waals surface area contributed by atoms with Crippen LogP contribution in [-0.2, 0) is 51.0 Å². The number of aliphatic hydroxyl groups is 1. The highest BCUT2D eigenvalue weighted by Crippen LogP contribution is 2.46. The summed E-state index contributed by atoms with van der Waals surface area (Å²) in [5.41, 5.74) is 16.1. The molecular formula is C64H83BrN10O4. The van der Waals surface area contributed by atoms with Crippen LogP contribution in [0.5, 0.6) is 17.2 Å². The number of nitrogens with zero attached hydrogens (tertiary/aromatic N) is 9. The molecule has 11 rings (SSSR count). The zero-order chi connectivity index (χ0) is 57.0. The predicted molar refractivity (Wildman–Crippen MR) is 321 cm³/mol. The van der Waals surface area contributed by atoms with Crippen molar-refractivity contribution in [1.29, 1.82) is 0 Å². The first-order chi connectivity index (χ1) is 37.8. The fraction of sp³-hybridized carbons (Fsp3) is 0.422. The number of benzene rings is 3. The molecule has 79 heavy (non-hydrogen) atoms. The second-order valence-corrected chi connectivity index (χ2v) is 23.3. The van der Waals surface area contributed by atoms with E-state index in [1.807, 2.05) is 64.5 Å². The Hall–Kier alpha value is -6.97. The lowest BCUT2D eigenvalue weighted by Crippen LogP contribution is -2.28. The van der Waals surface area contributed by atoms with Crippen LogP contribution in [0.25, 0.3) is 11.1 Å². The number of nitrogens with one attached hydrogen (secondary N) is 1. The van der Waals surface area contributed by atoms with Gasteiger partial charge >= 0.3 is 0 Å². The number of allylic oxidation sites excluding steroid dienone is 2. The van der Waals surface area contributed by atoms with Crippen molar-refractivity contribution in [3.63, 3.8) is 0 Å². The topological polar surface area (TPSA) is 148 Å². The summed E-state index contributed by atoms with van der Waals surface area (Å²) in [6, 6.07) is 22.4. The maximum absolute atomic E-state index is 11.4. The Bertz CT molecular complexity index is 3270. The molecule has 0 bridgehead atoms. The minimum absolute atomic E-state index is 0.482. The Morgan fingerprint density at radius 3 is 1.71 bits per heavy atom. The van der Waals surface area contributed by atoms with Crippen molar-refractivity contribution < 1.29 is 19.3 Å². The fourth-order valence-corrected chi connectivity index (χ4v) is 11.3. The Kier molecular flexibility index (Phi) is 20.6. The number of aromatic amines is 1. The van der Waals surface area contributed by atoms with Gasteiger partial charge in [-0.05, 0) is 181 Å². The number of hydrogen-bond acceptors (Lipinski definition) is 9. The number of ether oxygens (including phenoxy) is 3. The molecule has 0 amide bonds. The number of methoxy groups -OCH3 is 3. The molecule has 2 N–H and O–H groups in total. The van der Waals surface area contributed by atoms with Crippen LogP contribution in [0.2, 0.25) is 0 Å². The van der Waals surface area contributed by atoms with Gasteiger partial charge in [0.1, 0.15) is 22.8 Å². The molecule has 0 saturated heterocycles. The molecule has 0 radical (unpaired) electrons. The van der Waals surface area contributed by atoms with Crippen LogP contribution in [0.1, 0.15) is 129 Å². The molecule has 3 aliphatic carbocycles. The fourth-order valence-electron chi connectivity index (χ4n) is 10.6. The van der Waals surface area contributed by atoms with Crippen molar-refractivity contribution in [3.05, 3.63) is 188 Å². The third-order valence-electron chi connectivity index (χ3n) is 14.1. The van der Waals surface area contributed by atoms with Crippen LogP contribution in [0, 0.1) is 44.4 Å². The molecule has 15 heteroatoms. The van der Waals surface area contributed by atoms with E-state index in [1.165, 1.54) is 71.5 Å². The van der Waals surface area contributed by atoms with Gasteiger partial charge in [-0.1, -0.05) is 77.4 Å². The maximum Gasteiger partial charge on any atom is 0.132 e. The van der Waals surface area contributed by atoms with Crippen molar-refractivity contribution in [1.82, 2.24) is 49.3 Å². The Balaban J connectivity index is 0.000000152. The number of fused-ring (bicyclic) bond motifs is 3. The van der Waals surface area contributed by atoms with Gasteiger partial charge in [0.25, 0.3) is 0 Å². The number of rotatable bonds is 14. The minimum atomic E-state index is -0.972. The lowest BCUT2D eigenvalue weighted by molar-refractivity contribution is 0.0717. The van der Waals surface area contributed by atoms with Crippen LogP contribution in [-0.4, -0.2) is 75.8 Å². The summed E-state index contributed by atoms with van der Waals surface area (Å²) in [5.74, 6) is 4.94. The van der Waals surface area contributed by atoms with E-state index in [2.05, 4.69) is 175 Å². The van der Waals surface area contributed by atoms with Crippen LogP contribution in [0.3, 0.4) is 0 Å². The molecule has 420 valence electrons. The van der Waals surface area contributed by atoms with E-state index >= 15 is 0 Å². The molecule has 1 atom stereocenters. The van der Waals surface area contributed by atoms with Crippen molar-refractivity contribution in [2.45, 2.75) is 134 Å². The van der Waals surface area contributed by atoms with E-state index < -0.39 is 5.60 Å². The van der Waals surface area contributed by atoms with Gasteiger partial charge in [-0.3, -0.25) is 23.8 Å². The summed E-state index contributed by atoms with van der Waals surface area (Å²) in [6.07, 6.45) is 18.6. The summed E-state index contributed by atoms with van der Waals surface area (Å²) in [7, 11) is 5.11. The van der Waals surface area contributed by atoms with Gasteiger partial charge in [-0.15, -0.1) is 0 Å². The first-order valence-corrected chi connectivity index (χ1v) is 28.5. The summed E-state index contributed by atoms with van der Waals surface area (Å²) in [5, 5.41) is 35.1.